The van der Waals surface area contributed by atoms with Crippen LogP contribution in [-0.4, -0.2) is 16.5 Å². The first-order valence-electron chi connectivity index (χ1n) is 3.70. The smallest absolute Gasteiger partial charge is 0.225 e. The van der Waals surface area contributed by atoms with Crippen LogP contribution < -0.4 is 11.1 Å². The molecular formula is C8H9BrN4. The van der Waals surface area contributed by atoms with Gasteiger partial charge >= 0.3 is 0 Å². The molecule has 5 heteroatoms. The lowest BCUT2D eigenvalue weighted by Crippen LogP contribution is -2.06. The van der Waals surface area contributed by atoms with Crippen molar-refractivity contribution in [2.45, 2.75) is 6.42 Å². The third-order valence-corrected chi connectivity index (χ3v) is 1.67. The van der Waals surface area contributed by atoms with E-state index in [0.717, 1.165) is 0 Å². The number of nitrogen functional groups attached to an aromatic ring is 1. The van der Waals surface area contributed by atoms with E-state index in [1.165, 1.54) is 0 Å². The predicted octanol–water partition coefficient (Wildman–Crippen LogP) is 1.26. The number of anilines is 2. The minimum absolute atomic E-state index is 0.421. The Labute approximate surface area is 85.1 Å². The predicted molar refractivity (Wildman–Crippen MR) is 56.1 cm³/mol. The van der Waals surface area contributed by atoms with Crippen LogP contribution in [0.4, 0.5) is 11.8 Å². The number of nitrogens with two attached hydrogens (primary N) is 1. The fraction of sp³-hybridized carbons (Fsp3) is 0.250. The Balaban J connectivity index is 2.62. The molecule has 1 heterocycles. The summed E-state index contributed by atoms with van der Waals surface area (Å²) in [5.74, 6) is 3.42. The van der Waals surface area contributed by atoms with Gasteiger partial charge in [0.1, 0.15) is 10.4 Å². The summed E-state index contributed by atoms with van der Waals surface area (Å²) in [5, 5.41) is 2.95. The first kappa shape index (κ1) is 9.81. The maximum Gasteiger partial charge on any atom is 0.225 e. The lowest BCUT2D eigenvalue weighted by atomic mass is 10.4. The number of nitrogens with zero attached hydrogens (tertiary/aromatic N) is 2. The molecule has 0 aliphatic rings. The first-order valence-corrected chi connectivity index (χ1v) is 4.49. The van der Waals surface area contributed by atoms with Gasteiger partial charge in [0.05, 0.1) is 0 Å². The third kappa shape index (κ3) is 3.30. The van der Waals surface area contributed by atoms with Crippen LogP contribution in [0.1, 0.15) is 6.42 Å². The summed E-state index contributed by atoms with van der Waals surface area (Å²) in [6.45, 7) is 0.645. The van der Waals surface area contributed by atoms with Crippen molar-refractivity contribution in [3.63, 3.8) is 0 Å². The molecule has 0 bridgehead atoms. The van der Waals surface area contributed by atoms with Crippen molar-refractivity contribution in [2.75, 3.05) is 17.6 Å². The Morgan fingerprint density at radius 1 is 1.62 bits per heavy atom. The van der Waals surface area contributed by atoms with Gasteiger partial charge in [0, 0.05) is 19.0 Å². The van der Waals surface area contributed by atoms with E-state index in [2.05, 4.69) is 37.1 Å². The number of rotatable bonds is 3. The second-order valence-corrected chi connectivity index (χ2v) is 3.13. The average Bonchev–Trinajstić information content (AvgIpc) is 2.03. The molecule has 0 spiro atoms. The van der Waals surface area contributed by atoms with E-state index in [0.29, 0.717) is 29.3 Å². The average molecular weight is 241 g/mol. The molecule has 0 saturated heterocycles. The van der Waals surface area contributed by atoms with Gasteiger partial charge in [0.15, 0.2) is 0 Å². The molecule has 1 aromatic heterocycles. The van der Waals surface area contributed by atoms with E-state index in [-0.39, 0.29) is 0 Å². The lowest BCUT2D eigenvalue weighted by molar-refractivity contribution is 1.03. The van der Waals surface area contributed by atoms with Crippen LogP contribution in [0.15, 0.2) is 10.7 Å². The van der Waals surface area contributed by atoms with E-state index in [9.17, 15) is 0 Å². The van der Waals surface area contributed by atoms with Crippen molar-refractivity contribution >= 4 is 27.7 Å². The molecule has 1 aromatic rings. The summed E-state index contributed by atoms with van der Waals surface area (Å²) in [7, 11) is 0. The van der Waals surface area contributed by atoms with Crippen LogP contribution in [-0.2, 0) is 0 Å². The Hall–Kier alpha value is -1.28. The van der Waals surface area contributed by atoms with Gasteiger partial charge in [-0.1, -0.05) is 0 Å². The lowest BCUT2D eigenvalue weighted by Gasteiger charge is -2.02. The first-order chi connectivity index (χ1) is 6.22. The molecule has 3 N–H and O–H groups in total. The minimum atomic E-state index is 0.421. The van der Waals surface area contributed by atoms with Gasteiger partial charge in [-0.15, -0.1) is 12.3 Å². The summed E-state index contributed by atoms with van der Waals surface area (Å²) in [4.78, 5) is 8.01. The van der Waals surface area contributed by atoms with Crippen molar-refractivity contribution in [1.82, 2.24) is 9.97 Å². The Morgan fingerprint density at radius 2 is 2.38 bits per heavy atom. The zero-order chi connectivity index (χ0) is 9.68. The highest BCUT2D eigenvalue weighted by Gasteiger charge is 1.98. The molecule has 0 aliphatic heterocycles. The molecule has 13 heavy (non-hydrogen) atoms. The van der Waals surface area contributed by atoms with Crippen LogP contribution in [0.3, 0.4) is 0 Å². The number of nitrogens with one attached hydrogen (secondary N) is 1. The standard InChI is InChI=1S/C8H9BrN4/c1-2-3-4-11-8-12-6(9)5-7(10)13-8/h1,5H,3-4H2,(H3,10,11,12,13). The number of terminal acetylenes is 1. The second kappa shape index (κ2) is 4.67. The van der Waals surface area contributed by atoms with Gasteiger partial charge < -0.3 is 11.1 Å². The number of hydrogen-bond acceptors (Lipinski definition) is 4. The molecule has 0 fully saturated rings. The molecular weight excluding hydrogens is 232 g/mol. The largest absolute Gasteiger partial charge is 0.383 e. The van der Waals surface area contributed by atoms with E-state index in [1.54, 1.807) is 6.07 Å². The van der Waals surface area contributed by atoms with Crippen molar-refractivity contribution in [3.8, 4) is 12.3 Å². The highest BCUT2D eigenvalue weighted by atomic mass is 79.9. The van der Waals surface area contributed by atoms with Gasteiger partial charge in [-0.25, -0.2) is 4.98 Å². The van der Waals surface area contributed by atoms with E-state index >= 15 is 0 Å². The maximum absolute atomic E-state index is 5.50. The Morgan fingerprint density at radius 3 is 3.00 bits per heavy atom. The molecule has 0 radical (unpaired) electrons. The van der Waals surface area contributed by atoms with Gasteiger partial charge in [-0.3, -0.25) is 0 Å². The van der Waals surface area contributed by atoms with Crippen LogP contribution in [0.5, 0.6) is 0 Å². The van der Waals surface area contributed by atoms with Crippen LogP contribution >= 0.6 is 15.9 Å². The van der Waals surface area contributed by atoms with Gasteiger partial charge in [0.25, 0.3) is 0 Å². The topological polar surface area (TPSA) is 63.8 Å². The SMILES string of the molecule is C#CCCNc1nc(N)cc(Br)n1. The van der Waals surface area contributed by atoms with Crippen molar-refractivity contribution in [2.24, 2.45) is 0 Å². The molecule has 0 aromatic carbocycles. The van der Waals surface area contributed by atoms with E-state index in [1.807, 2.05) is 0 Å². The molecule has 4 nitrogen and oxygen atoms in total. The quantitative estimate of drug-likeness (QED) is 0.475. The highest BCUT2D eigenvalue weighted by Crippen LogP contribution is 2.11. The zero-order valence-corrected chi connectivity index (χ0v) is 8.50. The van der Waals surface area contributed by atoms with Crippen LogP contribution in [0, 0.1) is 12.3 Å². The Bertz CT molecular complexity index is 311. The molecule has 0 amide bonds. The third-order valence-electron chi connectivity index (χ3n) is 1.27. The Kier molecular flexibility index (Phi) is 3.53. The normalized spacial score (nSPS) is 9.23. The highest BCUT2D eigenvalue weighted by molar-refractivity contribution is 9.10. The minimum Gasteiger partial charge on any atom is -0.383 e. The maximum atomic E-state index is 5.50. The number of halogens is 1. The van der Waals surface area contributed by atoms with E-state index in [4.69, 9.17) is 12.2 Å². The fourth-order valence-corrected chi connectivity index (χ4v) is 1.16. The molecule has 68 valence electrons. The summed E-state index contributed by atoms with van der Waals surface area (Å²) in [6, 6.07) is 1.63. The molecule has 0 saturated carbocycles. The van der Waals surface area contributed by atoms with Crippen molar-refractivity contribution < 1.29 is 0 Å². The molecule has 0 atom stereocenters. The summed E-state index contributed by atoms with van der Waals surface area (Å²) >= 11 is 3.21. The van der Waals surface area contributed by atoms with Gasteiger partial charge in [-0.05, 0) is 15.9 Å². The molecule has 0 unspecified atom stereocenters. The van der Waals surface area contributed by atoms with Gasteiger partial charge in [-0.2, -0.15) is 4.98 Å². The molecule has 1 rings (SSSR count). The summed E-state index contributed by atoms with van der Waals surface area (Å²) in [5.41, 5.74) is 5.50. The number of aromatic nitrogens is 2. The van der Waals surface area contributed by atoms with Crippen molar-refractivity contribution in [1.29, 1.82) is 0 Å². The second-order valence-electron chi connectivity index (χ2n) is 2.32. The van der Waals surface area contributed by atoms with Crippen molar-refractivity contribution in [3.05, 3.63) is 10.7 Å². The summed E-state index contributed by atoms with van der Waals surface area (Å²) in [6.07, 6.45) is 5.72. The zero-order valence-electron chi connectivity index (χ0n) is 6.92. The van der Waals surface area contributed by atoms with E-state index < -0.39 is 0 Å². The monoisotopic (exact) mass is 240 g/mol. The molecule has 0 aliphatic carbocycles. The van der Waals surface area contributed by atoms with Crippen LogP contribution in [0.25, 0.3) is 0 Å². The number of hydrogen-bond donors (Lipinski definition) is 2. The fourth-order valence-electron chi connectivity index (χ4n) is 0.761. The summed E-state index contributed by atoms with van der Waals surface area (Å²) < 4.78 is 0.656. The van der Waals surface area contributed by atoms with Gasteiger partial charge in [0.2, 0.25) is 5.95 Å². The van der Waals surface area contributed by atoms with Crippen LogP contribution in [0.2, 0.25) is 0 Å².